The lowest BCUT2D eigenvalue weighted by Gasteiger charge is -2.19. The van der Waals surface area contributed by atoms with Crippen LogP contribution in [0.3, 0.4) is 0 Å². The summed E-state index contributed by atoms with van der Waals surface area (Å²) in [6, 6.07) is 2.75. The van der Waals surface area contributed by atoms with Crippen LogP contribution in [0.1, 0.15) is 16.7 Å². The number of hydrogen-bond donors (Lipinski definition) is 0. The molecule has 3 aromatic carbocycles. The molecule has 0 saturated heterocycles. The van der Waals surface area contributed by atoms with E-state index in [1.807, 2.05) is 0 Å². The monoisotopic (exact) mass is 672 g/mol. The normalized spacial score (nSPS) is 13.7. The largest absolute Gasteiger partial charge is 0.458 e. The van der Waals surface area contributed by atoms with Gasteiger partial charge in [-0.1, -0.05) is 24.3 Å². The van der Waals surface area contributed by atoms with Gasteiger partial charge in [0.25, 0.3) is 22.2 Å². The van der Waals surface area contributed by atoms with Gasteiger partial charge in [-0.15, -0.1) is 0 Å². The van der Waals surface area contributed by atoms with E-state index in [0.29, 0.717) is 30.3 Å². The summed E-state index contributed by atoms with van der Waals surface area (Å²) < 4.78 is 174. The minimum atomic E-state index is -6.05. The summed E-state index contributed by atoms with van der Waals surface area (Å²) in [6.07, 6.45) is -17.8. The van der Waals surface area contributed by atoms with Crippen LogP contribution in [0.5, 0.6) is 0 Å². The molecule has 46 heavy (non-hydrogen) atoms. The summed E-state index contributed by atoms with van der Waals surface area (Å²) in [5.74, 6) is -10.8. The van der Waals surface area contributed by atoms with Crippen molar-refractivity contribution in [2.24, 2.45) is 0 Å². The second kappa shape index (κ2) is 9.76. The molecule has 0 fully saturated rings. The second-order valence-corrected chi connectivity index (χ2v) is 9.72. The first-order valence-electron chi connectivity index (χ1n) is 12.1. The molecule has 0 radical (unpaired) electrons. The Hall–Kier alpha value is -4.97. The molecule has 0 bridgehead atoms. The third kappa shape index (κ3) is 4.58. The van der Waals surface area contributed by atoms with E-state index in [0.717, 1.165) is 0 Å². The number of halogens is 13. The summed E-state index contributed by atoms with van der Waals surface area (Å²) in [7, 11) is 0. The summed E-state index contributed by atoms with van der Waals surface area (Å²) in [6.45, 7) is 0. The van der Waals surface area contributed by atoms with Crippen LogP contribution < -0.4 is 22.2 Å². The summed E-state index contributed by atoms with van der Waals surface area (Å²) in [5, 5.41) is -5.21. The molecule has 0 N–H and O–H groups in total. The maximum atomic E-state index is 14.4. The lowest BCUT2D eigenvalue weighted by atomic mass is 10.0. The molecule has 242 valence electrons. The van der Waals surface area contributed by atoms with Gasteiger partial charge in [0, 0.05) is 11.1 Å². The van der Waals surface area contributed by atoms with Crippen molar-refractivity contribution < 1.29 is 57.1 Å². The van der Waals surface area contributed by atoms with Crippen molar-refractivity contribution in [1.82, 2.24) is 9.13 Å². The summed E-state index contributed by atoms with van der Waals surface area (Å²) in [5.41, 5.74) is -13.7. The molecule has 19 heteroatoms. The Morgan fingerprint density at radius 2 is 0.739 bits per heavy atom. The van der Waals surface area contributed by atoms with Crippen LogP contribution in [0, 0.1) is 0 Å². The van der Waals surface area contributed by atoms with Gasteiger partial charge in [0.2, 0.25) is 0 Å². The van der Waals surface area contributed by atoms with Crippen molar-refractivity contribution in [3.8, 4) is 11.4 Å². The van der Waals surface area contributed by atoms with Crippen molar-refractivity contribution in [3.05, 3.63) is 113 Å². The molecule has 5 aromatic rings. The Morgan fingerprint density at radius 1 is 0.435 bits per heavy atom. The van der Waals surface area contributed by atoms with Gasteiger partial charge in [-0.25, -0.2) is 9.13 Å². The fraction of sp³-hybridized carbons (Fsp3) is 0.185. The van der Waals surface area contributed by atoms with Crippen LogP contribution in [-0.2, 0) is 18.0 Å². The van der Waals surface area contributed by atoms with E-state index < -0.39 is 102 Å². The van der Waals surface area contributed by atoms with Crippen LogP contribution >= 0.6 is 0 Å². The highest BCUT2D eigenvalue weighted by molar-refractivity contribution is 6.03. The highest BCUT2D eigenvalue weighted by Crippen LogP contribution is 2.45. The Labute approximate surface area is 242 Å². The first-order valence-corrected chi connectivity index (χ1v) is 12.1. The molecular formula is C27H9F13N2O4. The van der Waals surface area contributed by atoms with E-state index in [-0.39, 0.29) is 33.4 Å². The molecule has 0 saturated carbocycles. The average molecular weight is 672 g/mol. The minimum absolute atomic E-state index is 0.0170. The van der Waals surface area contributed by atoms with Gasteiger partial charge < -0.3 is 0 Å². The van der Waals surface area contributed by atoms with Crippen molar-refractivity contribution in [2.75, 3.05) is 0 Å². The molecule has 5 rings (SSSR count). The molecule has 0 amide bonds. The molecular weight excluding hydrogens is 663 g/mol. The van der Waals surface area contributed by atoms with Gasteiger partial charge in [0.15, 0.2) is 0 Å². The number of aromatic nitrogens is 2. The number of alkyl halides is 13. The molecule has 0 unspecified atom stereocenters. The van der Waals surface area contributed by atoms with Crippen LogP contribution in [0.4, 0.5) is 57.1 Å². The SMILES string of the molecule is O=c1c2cc3c(=O)n(-c4ccc(C(F)(F)C(F)(F)F)cc4)c(=O)c3c(C(F)(F)F)c2c(=O)n1-c1ccc(C(F)(F)C(F)(F)F)cc1. The quantitative estimate of drug-likeness (QED) is 0.213. The molecule has 0 atom stereocenters. The fourth-order valence-corrected chi connectivity index (χ4v) is 4.83. The van der Waals surface area contributed by atoms with E-state index in [1.165, 1.54) is 0 Å². The molecule has 6 nitrogen and oxygen atoms in total. The van der Waals surface area contributed by atoms with Gasteiger partial charge in [0.05, 0.1) is 38.5 Å². The van der Waals surface area contributed by atoms with E-state index >= 15 is 0 Å². The zero-order valence-corrected chi connectivity index (χ0v) is 21.6. The second-order valence-electron chi connectivity index (χ2n) is 9.72. The number of nitrogens with zero attached hydrogens (tertiary/aromatic N) is 2. The molecule has 2 aromatic heterocycles. The van der Waals surface area contributed by atoms with Crippen molar-refractivity contribution in [1.29, 1.82) is 0 Å². The first kappa shape index (κ1) is 32.4. The average Bonchev–Trinajstić information content (AvgIpc) is 3.34. The fourth-order valence-electron chi connectivity index (χ4n) is 4.83. The van der Waals surface area contributed by atoms with E-state index in [2.05, 4.69) is 0 Å². The zero-order chi connectivity index (χ0) is 34.5. The molecule has 0 aliphatic carbocycles. The Morgan fingerprint density at radius 3 is 1.00 bits per heavy atom. The predicted molar refractivity (Wildman–Crippen MR) is 132 cm³/mol. The van der Waals surface area contributed by atoms with Gasteiger partial charge >= 0.3 is 30.4 Å². The van der Waals surface area contributed by atoms with Crippen molar-refractivity contribution >= 4 is 21.5 Å². The van der Waals surface area contributed by atoms with Gasteiger partial charge in [-0.05, 0) is 30.3 Å². The van der Waals surface area contributed by atoms with E-state index in [9.17, 15) is 76.3 Å². The lowest BCUT2D eigenvalue weighted by molar-refractivity contribution is -0.289. The van der Waals surface area contributed by atoms with Crippen LogP contribution in [0.25, 0.3) is 32.9 Å². The van der Waals surface area contributed by atoms with Gasteiger partial charge in [-0.3, -0.25) is 19.2 Å². The standard InChI is InChI=1S/C27H9F13N2O4/c28-23(29,26(35,36)37)10-1-5-12(6-2-10)41-19(43)14-9-15-17(18(25(32,33)34)16(14)21(41)45)22(46)42(20(15)44)13-7-3-11(4-8-13)24(30,31)27(38,39)40/h1-9H. The van der Waals surface area contributed by atoms with Crippen molar-refractivity contribution in [2.45, 2.75) is 30.4 Å². The molecule has 0 aliphatic rings. The molecule has 0 spiro atoms. The highest BCUT2D eigenvalue weighted by atomic mass is 19.4. The third-order valence-corrected chi connectivity index (χ3v) is 7.00. The number of rotatable bonds is 4. The predicted octanol–water partition coefficient (Wildman–Crippen LogP) is 6.22. The highest BCUT2D eigenvalue weighted by Gasteiger charge is 2.59. The Bertz CT molecular complexity index is 2080. The van der Waals surface area contributed by atoms with Crippen LogP contribution in [0.2, 0.25) is 0 Å². The van der Waals surface area contributed by atoms with E-state index in [4.69, 9.17) is 0 Å². The first-order chi connectivity index (χ1) is 20.9. The number of benzene rings is 3. The maximum absolute atomic E-state index is 14.4. The van der Waals surface area contributed by atoms with Crippen LogP contribution in [0.15, 0.2) is 73.8 Å². The topological polar surface area (TPSA) is 78.1 Å². The minimum Gasteiger partial charge on any atom is -0.268 e. The zero-order valence-electron chi connectivity index (χ0n) is 21.6. The third-order valence-electron chi connectivity index (χ3n) is 7.00. The van der Waals surface area contributed by atoms with Gasteiger partial charge in [0.1, 0.15) is 0 Å². The van der Waals surface area contributed by atoms with Crippen LogP contribution in [-0.4, -0.2) is 21.5 Å². The Kier molecular flexibility index (Phi) is 6.88. The maximum Gasteiger partial charge on any atom is 0.458 e. The number of fused-ring (bicyclic) bond motifs is 2. The Balaban J connectivity index is 1.76. The molecule has 2 heterocycles. The summed E-state index contributed by atoms with van der Waals surface area (Å²) >= 11 is 0. The summed E-state index contributed by atoms with van der Waals surface area (Å²) in [4.78, 5) is 52.6. The van der Waals surface area contributed by atoms with E-state index in [1.54, 1.807) is 0 Å². The van der Waals surface area contributed by atoms with Crippen molar-refractivity contribution in [3.63, 3.8) is 0 Å². The smallest absolute Gasteiger partial charge is 0.268 e. The van der Waals surface area contributed by atoms with Gasteiger partial charge in [-0.2, -0.15) is 57.1 Å². The molecule has 0 aliphatic heterocycles. The number of hydrogen-bond acceptors (Lipinski definition) is 4. The lowest BCUT2D eigenvalue weighted by Crippen LogP contribution is -2.33.